The summed E-state index contributed by atoms with van der Waals surface area (Å²) in [5.41, 5.74) is 1.87. The predicted octanol–water partition coefficient (Wildman–Crippen LogP) is 2.84. The van der Waals surface area contributed by atoms with E-state index in [1.54, 1.807) is 50.3 Å². The van der Waals surface area contributed by atoms with Crippen molar-refractivity contribution in [2.45, 2.75) is 13.8 Å². The third-order valence-corrected chi connectivity index (χ3v) is 5.25. The lowest BCUT2D eigenvalue weighted by atomic mass is 9.94. The topological polar surface area (TPSA) is 98.2 Å². The Kier molecular flexibility index (Phi) is 7.10. The van der Waals surface area contributed by atoms with Crippen LogP contribution in [0.5, 0.6) is 11.5 Å². The number of benzene rings is 2. The number of hydrogen-bond donors (Lipinski definition) is 2. The van der Waals surface area contributed by atoms with Crippen LogP contribution in [-0.4, -0.2) is 63.8 Å². The van der Waals surface area contributed by atoms with Gasteiger partial charge in [-0.05, 0) is 61.4 Å². The summed E-state index contributed by atoms with van der Waals surface area (Å²) in [4.78, 5) is 41.6. The third-order valence-electron chi connectivity index (χ3n) is 5.25. The highest BCUT2D eigenvalue weighted by molar-refractivity contribution is 6.35. The van der Waals surface area contributed by atoms with Crippen LogP contribution in [0.1, 0.15) is 25.0 Å². The monoisotopic (exact) mass is 434 g/mol. The maximum absolute atomic E-state index is 13.2. The SMILES string of the molecule is CCN(CC)C(=O)C(=O)N1CC(=Cc2cccc(O)c2)C(=O)C(=Cc2cccc(O)c2)C1. The number of nitrogens with zero attached hydrogens (tertiary/aromatic N) is 2. The van der Waals surface area contributed by atoms with Crippen molar-refractivity contribution in [1.29, 1.82) is 0 Å². The van der Waals surface area contributed by atoms with Crippen LogP contribution in [0.2, 0.25) is 0 Å². The maximum atomic E-state index is 13.2. The Morgan fingerprint density at radius 1 is 0.906 bits per heavy atom. The maximum Gasteiger partial charge on any atom is 0.312 e. The van der Waals surface area contributed by atoms with Crippen LogP contribution in [-0.2, 0) is 14.4 Å². The van der Waals surface area contributed by atoms with Gasteiger partial charge in [0.15, 0.2) is 5.78 Å². The normalized spacial score (nSPS) is 16.4. The minimum Gasteiger partial charge on any atom is -0.508 e. The zero-order valence-electron chi connectivity index (χ0n) is 18.1. The van der Waals surface area contributed by atoms with Gasteiger partial charge in [0, 0.05) is 24.2 Å². The lowest BCUT2D eigenvalue weighted by Gasteiger charge is -2.31. The molecule has 0 spiro atoms. The number of phenols is 2. The van der Waals surface area contributed by atoms with Crippen LogP contribution in [0.25, 0.3) is 12.2 Å². The third kappa shape index (κ3) is 5.24. The molecule has 0 aliphatic carbocycles. The first-order chi connectivity index (χ1) is 15.3. The Balaban J connectivity index is 2.01. The standard InChI is InChI=1S/C25H26N2O5/c1-3-26(4-2)24(31)25(32)27-15-19(11-17-7-5-9-21(28)13-17)23(30)20(16-27)12-18-8-6-10-22(29)14-18/h5-14,28-29H,3-4,15-16H2,1-2H3. The van der Waals surface area contributed by atoms with Gasteiger partial charge < -0.3 is 20.0 Å². The number of rotatable bonds is 4. The fraction of sp³-hybridized carbons (Fsp3) is 0.240. The molecule has 2 aromatic rings. The highest BCUT2D eigenvalue weighted by Crippen LogP contribution is 2.24. The van der Waals surface area contributed by atoms with E-state index in [4.69, 9.17) is 0 Å². The van der Waals surface area contributed by atoms with E-state index >= 15 is 0 Å². The Morgan fingerprint density at radius 2 is 1.38 bits per heavy atom. The number of Topliss-reactive ketones (excluding diaryl/α,β-unsaturated/α-hetero) is 1. The molecule has 0 aromatic heterocycles. The van der Waals surface area contributed by atoms with Crippen LogP contribution in [0.15, 0.2) is 59.7 Å². The summed E-state index contributed by atoms with van der Waals surface area (Å²) in [5, 5.41) is 19.5. The van der Waals surface area contributed by atoms with Crippen molar-refractivity contribution >= 4 is 29.7 Å². The quantitative estimate of drug-likeness (QED) is 0.570. The van der Waals surface area contributed by atoms with Gasteiger partial charge in [-0.2, -0.15) is 0 Å². The Morgan fingerprint density at radius 3 is 1.78 bits per heavy atom. The van der Waals surface area contributed by atoms with Gasteiger partial charge in [0.1, 0.15) is 11.5 Å². The number of piperidine rings is 1. The molecule has 2 amide bonds. The minimum atomic E-state index is -0.676. The van der Waals surface area contributed by atoms with Gasteiger partial charge in [-0.15, -0.1) is 0 Å². The molecule has 1 heterocycles. The van der Waals surface area contributed by atoms with Crippen LogP contribution in [0.4, 0.5) is 0 Å². The van der Waals surface area contributed by atoms with Gasteiger partial charge in [-0.25, -0.2) is 0 Å². The number of likely N-dealkylation sites (N-methyl/N-ethyl adjacent to an activating group) is 1. The zero-order chi connectivity index (χ0) is 23.3. The number of ketones is 1. The van der Waals surface area contributed by atoms with Gasteiger partial charge in [0.2, 0.25) is 0 Å². The average Bonchev–Trinajstić information content (AvgIpc) is 2.76. The van der Waals surface area contributed by atoms with Crippen molar-refractivity contribution in [1.82, 2.24) is 9.80 Å². The molecule has 32 heavy (non-hydrogen) atoms. The lowest BCUT2D eigenvalue weighted by molar-refractivity contribution is -0.151. The van der Waals surface area contributed by atoms with E-state index in [9.17, 15) is 24.6 Å². The number of carbonyl (C=O) groups excluding carboxylic acids is 3. The molecule has 1 aliphatic heterocycles. The first kappa shape index (κ1) is 22.8. The van der Waals surface area contributed by atoms with Gasteiger partial charge in [-0.1, -0.05) is 24.3 Å². The lowest BCUT2D eigenvalue weighted by Crippen LogP contribution is -2.49. The predicted molar refractivity (Wildman–Crippen MR) is 122 cm³/mol. The van der Waals surface area contributed by atoms with Crippen molar-refractivity contribution in [3.05, 3.63) is 70.8 Å². The van der Waals surface area contributed by atoms with Crippen LogP contribution in [0.3, 0.4) is 0 Å². The zero-order valence-corrected chi connectivity index (χ0v) is 18.1. The number of amides is 2. The smallest absolute Gasteiger partial charge is 0.312 e. The first-order valence-electron chi connectivity index (χ1n) is 10.4. The summed E-state index contributed by atoms with van der Waals surface area (Å²) >= 11 is 0. The second-order valence-corrected chi connectivity index (χ2v) is 7.50. The molecular weight excluding hydrogens is 408 g/mol. The highest BCUT2D eigenvalue weighted by atomic mass is 16.3. The Labute approximate surface area is 186 Å². The molecule has 2 aromatic carbocycles. The number of aromatic hydroxyl groups is 2. The summed E-state index contributed by atoms with van der Waals surface area (Å²) in [6.45, 7) is 4.39. The average molecular weight is 434 g/mol. The van der Waals surface area contributed by atoms with E-state index in [1.165, 1.54) is 34.1 Å². The summed E-state index contributed by atoms with van der Waals surface area (Å²) < 4.78 is 0. The van der Waals surface area contributed by atoms with E-state index < -0.39 is 11.8 Å². The minimum absolute atomic E-state index is 0.0162. The molecule has 7 heteroatoms. The fourth-order valence-electron chi connectivity index (χ4n) is 3.60. The molecule has 0 saturated carbocycles. The number of hydrogen-bond acceptors (Lipinski definition) is 5. The fourth-order valence-corrected chi connectivity index (χ4v) is 3.60. The van der Waals surface area contributed by atoms with Crippen molar-refractivity contribution in [3.8, 4) is 11.5 Å². The molecule has 166 valence electrons. The molecule has 1 fully saturated rings. The van der Waals surface area contributed by atoms with E-state index in [0.717, 1.165) is 0 Å². The largest absolute Gasteiger partial charge is 0.508 e. The summed E-state index contributed by atoms with van der Waals surface area (Å²) in [6.07, 6.45) is 3.22. The van der Waals surface area contributed by atoms with Crippen molar-refractivity contribution in [3.63, 3.8) is 0 Å². The molecular formula is C25H26N2O5. The van der Waals surface area contributed by atoms with Gasteiger partial charge >= 0.3 is 11.8 Å². The highest BCUT2D eigenvalue weighted by Gasteiger charge is 2.33. The first-order valence-corrected chi connectivity index (χ1v) is 10.4. The Hall–Kier alpha value is -3.87. The van der Waals surface area contributed by atoms with Crippen molar-refractivity contribution in [2.75, 3.05) is 26.2 Å². The molecule has 7 nitrogen and oxygen atoms in total. The second-order valence-electron chi connectivity index (χ2n) is 7.50. The van der Waals surface area contributed by atoms with Crippen molar-refractivity contribution in [2.24, 2.45) is 0 Å². The molecule has 0 atom stereocenters. The molecule has 2 N–H and O–H groups in total. The molecule has 0 unspecified atom stereocenters. The number of phenolic OH excluding ortho intramolecular Hbond substituents is 2. The van der Waals surface area contributed by atoms with Crippen LogP contribution < -0.4 is 0 Å². The van der Waals surface area contributed by atoms with Crippen LogP contribution in [0, 0.1) is 0 Å². The molecule has 0 bridgehead atoms. The number of carbonyl (C=O) groups is 3. The summed E-state index contributed by atoms with van der Waals surface area (Å²) in [6, 6.07) is 12.9. The van der Waals surface area contributed by atoms with E-state index in [0.29, 0.717) is 35.4 Å². The molecule has 1 aliphatic rings. The second kappa shape index (κ2) is 9.96. The molecule has 3 rings (SSSR count). The van der Waals surface area contributed by atoms with E-state index in [-0.39, 0.29) is 30.4 Å². The number of likely N-dealkylation sites (tertiary alicyclic amines) is 1. The summed E-state index contributed by atoms with van der Waals surface area (Å²) in [7, 11) is 0. The van der Waals surface area contributed by atoms with E-state index in [1.807, 2.05) is 0 Å². The van der Waals surface area contributed by atoms with Gasteiger partial charge in [-0.3, -0.25) is 14.4 Å². The van der Waals surface area contributed by atoms with Crippen molar-refractivity contribution < 1.29 is 24.6 Å². The summed E-state index contributed by atoms with van der Waals surface area (Å²) in [5.74, 6) is -1.43. The Bertz CT molecular complexity index is 1030. The van der Waals surface area contributed by atoms with E-state index in [2.05, 4.69) is 0 Å². The van der Waals surface area contributed by atoms with Crippen LogP contribution >= 0.6 is 0 Å². The molecule has 0 radical (unpaired) electrons. The molecule has 1 saturated heterocycles. The van der Waals surface area contributed by atoms with Gasteiger partial charge in [0.05, 0.1) is 13.1 Å². The van der Waals surface area contributed by atoms with Gasteiger partial charge in [0.25, 0.3) is 0 Å².